The average Bonchev–Trinajstić information content (AvgIpc) is 3.33. The molecule has 0 atom stereocenters. The number of ether oxygens (including phenoxy) is 1. The molecule has 1 aromatic heterocycles. The van der Waals surface area contributed by atoms with Crippen LogP contribution in [-0.2, 0) is 26.1 Å². The highest BCUT2D eigenvalue weighted by atomic mass is 32.2. The topological polar surface area (TPSA) is 131 Å². The normalized spacial score (nSPS) is 10.8. The molecule has 1 heterocycles. The summed E-state index contributed by atoms with van der Waals surface area (Å²) in [6.45, 7) is -0.499. The number of thiophene rings is 1. The molecule has 0 unspecified atom stereocenters. The van der Waals surface area contributed by atoms with Crippen LogP contribution in [-0.4, -0.2) is 32.9 Å². The van der Waals surface area contributed by atoms with Gasteiger partial charge in [-0.3, -0.25) is 14.8 Å². The summed E-state index contributed by atoms with van der Waals surface area (Å²) in [6, 6.07) is 17.2. The standard InChI is InChI=1S/C21H19N3O6S2/c25-18(23-21(27)22-13-15-7-2-1-3-8-15)14-30-20(26)16-9-4-5-10-17(16)24-32(28,29)19-11-6-12-31-19/h1-12,24H,13-14H2,(H2,22,23,25,27). The lowest BCUT2D eigenvalue weighted by Crippen LogP contribution is -2.41. The summed E-state index contributed by atoms with van der Waals surface area (Å²) >= 11 is 1.03. The molecule has 0 spiro atoms. The van der Waals surface area contributed by atoms with E-state index in [9.17, 15) is 22.8 Å². The van der Waals surface area contributed by atoms with Crippen LogP contribution in [0.25, 0.3) is 0 Å². The minimum Gasteiger partial charge on any atom is -0.452 e. The van der Waals surface area contributed by atoms with Crippen molar-refractivity contribution in [2.45, 2.75) is 10.8 Å². The van der Waals surface area contributed by atoms with Gasteiger partial charge < -0.3 is 10.1 Å². The third-order valence-corrected chi connectivity index (χ3v) is 6.80. The molecule has 0 saturated carbocycles. The van der Waals surface area contributed by atoms with Crippen LogP contribution in [0.1, 0.15) is 15.9 Å². The first-order valence-electron chi connectivity index (χ1n) is 9.29. The van der Waals surface area contributed by atoms with E-state index in [1.165, 1.54) is 24.3 Å². The number of sulfonamides is 1. The molecule has 3 aromatic rings. The van der Waals surface area contributed by atoms with E-state index < -0.39 is 34.5 Å². The SMILES string of the molecule is O=C(COC(=O)c1ccccc1NS(=O)(=O)c1cccs1)NC(=O)NCc1ccccc1. The highest BCUT2D eigenvalue weighted by molar-refractivity contribution is 7.94. The van der Waals surface area contributed by atoms with Gasteiger partial charge in [-0.15, -0.1) is 11.3 Å². The zero-order valence-electron chi connectivity index (χ0n) is 16.6. The number of esters is 1. The van der Waals surface area contributed by atoms with E-state index in [1.807, 2.05) is 30.3 Å². The second kappa shape index (κ2) is 10.6. The average molecular weight is 474 g/mol. The van der Waals surface area contributed by atoms with Crippen LogP contribution in [0, 0.1) is 0 Å². The number of benzene rings is 2. The number of hydrogen-bond acceptors (Lipinski definition) is 7. The molecule has 2 aromatic carbocycles. The van der Waals surface area contributed by atoms with E-state index >= 15 is 0 Å². The molecule has 0 bridgehead atoms. The lowest BCUT2D eigenvalue weighted by atomic mass is 10.2. The number of imide groups is 1. The fourth-order valence-electron chi connectivity index (χ4n) is 2.56. The van der Waals surface area contributed by atoms with E-state index in [0.29, 0.717) is 0 Å². The molecular weight excluding hydrogens is 454 g/mol. The molecule has 0 aliphatic carbocycles. The first kappa shape index (κ1) is 23.0. The highest BCUT2D eigenvalue weighted by Crippen LogP contribution is 2.23. The molecule has 166 valence electrons. The van der Waals surface area contributed by atoms with Crippen molar-refractivity contribution in [1.29, 1.82) is 0 Å². The van der Waals surface area contributed by atoms with Crippen molar-refractivity contribution < 1.29 is 27.5 Å². The van der Waals surface area contributed by atoms with Gasteiger partial charge in [-0.05, 0) is 29.1 Å². The zero-order valence-corrected chi connectivity index (χ0v) is 18.2. The molecule has 3 N–H and O–H groups in total. The molecule has 0 radical (unpaired) electrons. The van der Waals surface area contributed by atoms with Crippen LogP contribution in [0.5, 0.6) is 0 Å². The first-order chi connectivity index (χ1) is 15.3. The van der Waals surface area contributed by atoms with Crippen molar-refractivity contribution in [3.63, 3.8) is 0 Å². The maximum atomic E-state index is 12.4. The molecule has 0 aliphatic rings. The van der Waals surface area contributed by atoms with Crippen LogP contribution in [0.2, 0.25) is 0 Å². The van der Waals surface area contributed by atoms with Gasteiger partial charge in [0.1, 0.15) is 4.21 Å². The summed E-state index contributed by atoms with van der Waals surface area (Å²) in [5, 5.41) is 6.18. The van der Waals surface area contributed by atoms with Crippen molar-refractivity contribution in [3.05, 3.63) is 83.2 Å². The van der Waals surface area contributed by atoms with Crippen molar-refractivity contribution in [2.75, 3.05) is 11.3 Å². The molecule has 3 amide bonds. The summed E-state index contributed by atoms with van der Waals surface area (Å²) in [7, 11) is -3.87. The summed E-state index contributed by atoms with van der Waals surface area (Å²) in [5.74, 6) is -1.75. The number of anilines is 1. The molecule has 3 rings (SSSR count). The molecular formula is C21H19N3O6S2. The van der Waals surface area contributed by atoms with Crippen LogP contribution >= 0.6 is 11.3 Å². The molecule has 11 heteroatoms. The number of hydrogen-bond donors (Lipinski definition) is 3. The van der Waals surface area contributed by atoms with E-state index in [2.05, 4.69) is 15.4 Å². The molecule has 0 aliphatic heterocycles. The second-order valence-electron chi connectivity index (χ2n) is 6.38. The Bertz CT molecular complexity index is 1200. The van der Waals surface area contributed by atoms with Gasteiger partial charge in [0.2, 0.25) is 0 Å². The third-order valence-electron chi connectivity index (χ3n) is 4.03. The minimum atomic E-state index is -3.87. The quantitative estimate of drug-likeness (QED) is 0.431. The first-order valence-corrected chi connectivity index (χ1v) is 11.7. The minimum absolute atomic E-state index is 0.00640. The van der Waals surface area contributed by atoms with Crippen LogP contribution in [0.3, 0.4) is 0 Å². The van der Waals surface area contributed by atoms with Gasteiger partial charge >= 0.3 is 12.0 Å². The predicted octanol–water partition coefficient (Wildman–Crippen LogP) is 2.73. The van der Waals surface area contributed by atoms with E-state index in [0.717, 1.165) is 16.9 Å². The second-order valence-corrected chi connectivity index (χ2v) is 9.23. The maximum Gasteiger partial charge on any atom is 0.340 e. The van der Waals surface area contributed by atoms with Crippen LogP contribution in [0.15, 0.2) is 76.3 Å². The van der Waals surface area contributed by atoms with Crippen molar-refractivity contribution in [3.8, 4) is 0 Å². The largest absolute Gasteiger partial charge is 0.452 e. The summed E-state index contributed by atoms with van der Waals surface area (Å²) in [6.07, 6.45) is 0. The Morgan fingerprint density at radius 3 is 2.34 bits per heavy atom. The van der Waals surface area contributed by atoms with Crippen LogP contribution in [0.4, 0.5) is 10.5 Å². The van der Waals surface area contributed by atoms with E-state index in [-0.39, 0.29) is 22.0 Å². The number of nitrogens with one attached hydrogen (secondary N) is 3. The van der Waals surface area contributed by atoms with E-state index in [1.54, 1.807) is 17.5 Å². The Hall–Kier alpha value is -3.70. The Kier molecular flexibility index (Phi) is 7.58. The van der Waals surface area contributed by atoms with Crippen molar-refractivity contribution >= 4 is 45.0 Å². The smallest absolute Gasteiger partial charge is 0.340 e. The monoisotopic (exact) mass is 473 g/mol. The zero-order chi connectivity index (χ0) is 23.0. The fraction of sp³-hybridized carbons (Fsp3) is 0.0952. The summed E-state index contributed by atoms with van der Waals surface area (Å²) in [4.78, 5) is 36.1. The Morgan fingerprint density at radius 2 is 1.62 bits per heavy atom. The van der Waals surface area contributed by atoms with Gasteiger partial charge in [0, 0.05) is 6.54 Å². The number of carbonyl (C=O) groups is 3. The Balaban J connectivity index is 1.53. The lowest BCUT2D eigenvalue weighted by molar-refractivity contribution is -0.123. The fourth-order valence-corrected chi connectivity index (χ4v) is 4.63. The van der Waals surface area contributed by atoms with Gasteiger partial charge in [-0.1, -0.05) is 48.5 Å². The Morgan fingerprint density at radius 1 is 0.906 bits per heavy atom. The predicted molar refractivity (Wildman–Crippen MR) is 119 cm³/mol. The lowest BCUT2D eigenvalue weighted by Gasteiger charge is -2.11. The van der Waals surface area contributed by atoms with Crippen molar-refractivity contribution in [2.24, 2.45) is 0 Å². The number of para-hydroxylation sites is 1. The van der Waals surface area contributed by atoms with Crippen LogP contribution < -0.4 is 15.4 Å². The Labute approximate surface area is 188 Å². The summed E-state index contributed by atoms with van der Waals surface area (Å²) in [5.41, 5.74) is 0.781. The molecule has 0 fully saturated rings. The molecule has 9 nitrogen and oxygen atoms in total. The summed E-state index contributed by atoms with van der Waals surface area (Å²) < 4.78 is 32.2. The van der Waals surface area contributed by atoms with Crippen molar-refractivity contribution in [1.82, 2.24) is 10.6 Å². The highest BCUT2D eigenvalue weighted by Gasteiger charge is 2.21. The number of carbonyl (C=O) groups excluding carboxylic acids is 3. The number of urea groups is 1. The molecule has 32 heavy (non-hydrogen) atoms. The van der Waals surface area contributed by atoms with E-state index in [4.69, 9.17) is 4.74 Å². The molecule has 0 saturated heterocycles. The van der Waals surface area contributed by atoms with Gasteiger partial charge in [-0.25, -0.2) is 18.0 Å². The van der Waals surface area contributed by atoms with Gasteiger partial charge in [-0.2, -0.15) is 0 Å². The van der Waals surface area contributed by atoms with Gasteiger partial charge in [0.05, 0.1) is 11.3 Å². The number of rotatable bonds is 8. The van der Waals surface area contributed by atoms with Gasteiger partial charge in [0.25, 0.3) is 15.9 Å². The maximum absolute atomic E-state index is 12.4. The third kappa shape index (κ3) is 6.40. The van der Waals surface area contributed by atoms with Gasteiger partial charge in [0.15, 0.2) is 6.61 Å². The number of amides is 3.